The average molecular weight is 199 g/mol. The van der Waals surface area contributed by atoms with Crippen LogP contribution in [0.25, 0.3) is 0 Å². The Balaban J connectivity index is 2.08. The van der Waals surface area contributed by atoms with Crippen molar-refractivity contribution in [3.63, 3.8) is 0 Å². The molecule has 0 amide bonds. The molecule has 1 aliphatic rings. The van der Waals surface area contributed by atoms with Crippen molar-refractivity contribution in [1.29, 1.82) is 0 Å². The van der Waals surface area contributed by atoms with Gasteiger partial charge in [-0.05, 0) is 25.5 Å². The van der Waals surface area contributed by atoms with Gasteiger partial charge in [-0.1, -0.05) is 6.42 Å². The highest BCUT2D eigenvalue weighted by Gasteiger charge is 2.18. The Kier molecular flexibility index (Phi) is 2.71. The van der Waals surface area contributed by atoms with Crippen LogP contribution in [0.2, 0.25) is 0 Å². The molecule has 0 radical (unpaired) electrons. The summed E-state index contributed by atoms with van der Waals surface area (Å²) in [5.74, 6) is 1.32. The summed E-state index contributed by atoms with van der Waals surface area (Å²) >= 11 is 3.90. The fourth-order valence-corrected chi connectivity index (χ4v) is 3.82. The number of thiazole rings is 1. The molecule has 0 spiro atoms. The zero-order chi connectivity index (χ0) is 8.39. The van der Waals surface area contributed by atoms with E-state index in [1.807, 2.05) is 11.3 Å². The van der Waals surface area contributed by atoms with Gasteiger partial charge in [0.05, 0.1) is 5.25 Å². The molecule has 0 bridgehead atoms. The molecular formula is C9H13NS2. The Morgan fingerprint density at radius 1 is 1.50 bits per heavy atom. The molecule has 3 heteroatoms. The van der Waals surface area contributed by atoms with E-state index < -0.39 is 0 Å². The maximum Gasteiger partial charge on any atom is 0.106 e. The molecule has 1 atom stereocenters. The Morgan fingerprint density at radius 3 is 3.00 bits per heavy atom. The predicted octanol–water partition coefficient (Wildman–Crippen LogP) is 3.41. The molecule has 0 N–H and O–H groups in total. The zero-order valence-corrected chi connectivity index (χ0v) is 8.88. The minimum atomic E-state index is 0.706. The smallest absolute Gasteiger partial charge is 0.106 e. The van der Waals surface area contributed by atoms with Crippen LogP contribution in [0.15, 0.2) is 5.38 Å². The van der Waals surface area contributed by atoms with Gasteiger partial charge >= 0.3 is 0 Å². The summed E-state index contributed by atoms with van der Waals surface area (Å²) < 4.78 is 0. The van der Waals surface area contributed by atoms with Gasteiger partial charge in [-0.25, -0.2) is 4.98 Å². The lowest BCUT2D eigenvalue weighted by molar-refractivity contribution is 0.683. The SMILES string of the molecule is Cc1csc(C2CCCCS2)n1. The van der Waals surface area contributed by atoms with E-state index in [4.69, 9.17) is 0 Å². The fraction of sp³-hybridized carbons (Fsp3) is 0.667. The predicted molar refractivity (Wildman–Crippen MR) is 55.9 cm³/mol. The number of nitrogens with zero attached hydrogens (tertiary/aromatic N) is 1. The van der Waals surface area contributed by atoms with Crippen LogP contribution in [-0.2, 0) is 0 Å². The fourth-order valence-electron chi connectivity index (χ4n) is 1.46. The summed E-state index contributed by atoms with van der Waals surface area (Å²) in [6, 6.07) is 0. The second-order valence-electron chi connectivity index (χ2n) is 3.18. The van der Waals surface area contributed by atoms with Crippen molar-refractivity contribution in [1.82, 2.24) is 4.98 Å². The van der Waals surface area contributed by atoms with Crippen LogP contribution in [0.3, 0.4) is 0 Å². The van der Waals surface area contributed by atoms with Crippen LogP contribution in [0.4, 0.5) is 0 Å². The maximum absolute atomic E-state index is 4.53. The number of aryl methyl sites for hydroxylation is 1. The van der Waals surface area contributed by atoms with E-state index in [0.717, 1.165) is 0 Å². The monoisotopic (exact) mass is 199 g/mol. The number of hydrogen-bond acceptors (Lipinski definition) is 3. The molecule has 2 heterocycles. The van der Waals surface area contributed by atoms with E-state index in [2.05, 4.69) is 29.0 Å². The lowest BCUT2D eigenvalue weighted by Crippen LogP contribution is -2.01. The van der Waals surface area contributed by atoms with E-state index in [0.29, 0.717) is 5.25 Å². The maximum atomic E-state index is 4.53. The van der Waals surface area contributed by atoms with Crippen molar-refractivity contribution in [3.8, 4) is 0 Å². The van der Waals surface area contributed by atoms with Gasteiger partial charge in [0.15, 0.2) is 0 Å². The average Bonchev–Trinajstić information content (AvgIpc) is 2.54. The van der Waals surface area contributed by atoms with Crippen LogP contribution in [0.1, 0.15) is 35.2 Å². The minimum Gasteiger partial charge on any atom is -0.245 e. The minimum absolute atomic E-state index is 0.706. The van der Waals surface area contributed by atoms with Crippen molar-refractivity contribution in [2.24, 2.45) is 0 Å². The Bertz CT molecular complexity index is 251. The number of thioether (sulfide) groups is 1. The first kappa shape index (κ1) is 8.57. The van der Waals surface area contributed by atoms with Crippen LogP contribution in [-0.4, -0.2) is 10.7 Å². The third kappa shape index (κ3) is 1.83. The molecule has 0 saturated carbocycles. The number of aromatic nitrogens is 1. The largest absolute Gasteiger partial charge is 0.245 e. The van der Waals surface area contributed by atoms with Crippen molar-refractivity contribution in [2.45, 2.75) is 31.4 Å². The molecule has 0 aliphatic carbocycles. The van der Waals surface area contributed by atoms with Gasteiger partial charge in [0.2, 0.25) is 0 Å². The Labute approximate surface area is 81.6 Å². The van der Waals surface area contributed by atoms with E-state index >= 15 is 0 Å². The molecule has 1 aliphatic heterocycles. The van der Waals surface area contributed by atoms with Gasteiger partial charge in [0.25, 0.3) is 0 Å². The highest BCUT2D eigenvalue weighted by Crippen LogP contribution is 2.39. The molecule has 1 unspecified atom stereocenters. The molecule has 1 nitrogen and oxygen atoms in total. The summed E-state index contributed by atoms with van der Waals surface area (Å²) in [6.07, 6.45) is 4.11. The third-order valence-electron chi connectivity index (χ3n) is 2.09. The first-order chi connectivity index (χ1) is 5.86. The van der Waals surface area contributed by atoms with Gasteiger partial charge < -0.3 is 0 Å². The summed E-state index contributed by atoms with van der Waals surface area (Å²) in [7, 11) is 0. The quantitative estimate of drug-likeness (QED) is 0.687. The first-order valence-electron chi connectivity index (χ1n) is 4.40. The van der Waals surface area contributed by atoms with Crippen LogP contribution in [0.5, 0.6) is 0 Å². The van der Waals surface area contributed by atoms with Crippen LogP contribution < -0.4 is 0 Å². The molecule has 2 rings (SSSR count). The highest BCUT2D eigenvalue weighted by molar-refractivity contribution is 7.99. The van der Waals surface area contributed by atoms with Crippen molar-refractivity contribution < 1.29 is 0 Å². The summed E-state index contributed by atoms with van der Waals surface area (Å²) in [5.41, 5.74) is 1.18. The standard InChI is InChI=1S/C9H13NS2/c1-7-6-12-9(10-7)8-4-2-3-5-11-8/h6,8H,2-5H2,1H3. The summed E-state index contributed by atoms with van der Waals surface area (Å²) in [5, 5.41) is 4.21. The molecule has 1 fully saturated rings. The summed E-state index contributed by atoms with van der Waals surface area (Å²) in [6.45, 7) is 2.08. The highest BCUT2D eigenvalue weighted by atomic mass is 32.2. The second-order valence-corrected chi connectivity index (χ2v) is 5.38. The van der Waals surface area contributed by atoms with Crippen LogP contribution >= 0.6 is 23.1 Å². The van der Waals surface area contributed by atoms with Crippen molar-refractivity contribution >= 4 is 23.1 Å². The molecule has 1 aromatic rings. The van der Waals surface area contributed by atoms with Gasteiger partial charge in [0, 0.05) is 11.1 Å². The topological polar surface area (TPSA) is 12.9 Å². The molecule has 1 saturated heterocycles. The number of rotatable bonds is 1. The van der Waals surface area contributed by atoms with Gasteiger partial charge in [-0.3, -0.25) is 0 Å². The van der Waals surface area contributed by atoms with E-state index in [1.54, 1.807) is 0 Å². The van der Waals surface area contributed by atoms with Gasteiger partial charge in [-0.15, -0.1) is 11.3 Å². The normalized spacial score (nSPS) is 24.2. The summed E-state index contributed by atoms with van der Waals surface area (Å²) in [4.78, 5) is 4.53. The molecular weight excluding hydrogens is 186 g/mol. The Morgan fingerprint density at radius 2 is 2.42 bits per heavy atom. The number of hydrogen-bond donors (Lipinski definition) is 0. The molecule has 0 aromatic carbocycles. The van der Waals surface area contributed by atoms with Gasteiger partial charge in [-0.2, -0.15) is 11.8 Å². The van der Waals surface area contributed by atoms with Crippen LogP contribution in [0, 0.1) is 6.92 Å². The first-order valence-corrected chi connectivity index (χ1v) is 6.33. The zero-order valence-electron chi connectivity index (χ0n) is 7.25. The molecule has 1 aromatic heterocycles. The molecule has 66 valence electrons. The lowest BCUT2D eigenvalue weighted by atomic mass is 10.2. The van der Waals surface area contributed by atoms with E-state index in [-0.39, 0.29) is 0 Å². The van der Waals surface area contributed by atoms with Crippen molar-refractivity contribution in [2.75, 3.05) is 5.75 Å². The lowest BCUT2D eigenvalue weighted by Gasteiger charge is -2.18. The second kappa shape index (κ2) is 3.79. The Hall–Kier alpha value is -0.0200. The van der Waals surface area contributed by atoms with E-state index in [1.165, 1.54) is 35.7 Å². The third-order valence-corrected chi connectivity index (χ3v) is 4.70. The molecule has 12 heavy (non-hydrogen) atoms. The van der Waals surface area contributed by atoms with Gasteiger partial charge in [0.1, 0.15) is 5.01 Å². The van der Waals surface area contributed by atoms with Crippen molar-refractivity contribution in [3.05, 3.63) is 16.1 Å². The van der Waals surface area contributed by atoms with E-state index in [9.17, 15) is 0 Å².